The number of hydrogen-bond acceptors (Lipinski definition) is 8. The lowest BCUT2D eigenvalue weighted by atomic mass is 10.2. The number of morpholine rings is 1. The molecule has 3 N–H and O–H groups in total. The van der Waals surface area contributed by atoms with Gasteiger partial charge < -0.3 is 20.5 Å². The third kappa shape index (κ3) is 5.36. The van der Waals surface area contributed by atoms with E-state index in [1.54, 1.807) is 6.20 Å². The van der Waals surface area contributed by atoms with Gasteiger partial charge in [0.05, 0.1) is 24.6 Å². The fourth-order valence-electron chi connectivity index (χ4n) is 2.58. The van der Waals surface area contributed by atoms with Gasteiger partial charge in [0.15, 0.2) is 0 Å². The van der Waals surface area contributed by atoms with Crippen molar-refractivity contribution in [3.05, 3.63) is 30.5 Å². The molecule has 0 aromatic carbocycles. The van der Waals surface area contributed by atoms with Crippen molar-refractivity contribution >= 4 is 17.7 Å². The molecule has 0 amide bonds. The molecule has 0 aliphatic carbocycles. The zero-order valence-corrected chi connectivity index (χ0v) is 14.4. The summed E-state index contributed by atoms with van der Waals surface area (Å²) in [6.07, 6.45) is 1.69. The third-order valence-corrected chi connectivity index (χ3v) is 3.89. The van der Waals surface area contributed by atoms with Crippen LogP contribution < -0.4 is 10.6 Å². The summed E-state index contributed by atoms with van der Waals surface area (Å²) >= 11 is 0. The number of hydrogen-bond donors (Lipinski definition) is 3. The van der Waals surface area contributed by atoms with Gasteiger partial charge in [-0.15, -0.1) is 0 Å². The number of carboxylic acids is 1. The number of nitrogens with one attached hydrogen (secondary N) is 2. The molecule has 9 heteroatoms. The number of pyridine rings is 1. The molecule has 138 valence electrons. The Labute approximate surface area is 151 Å². The Kier molecular flexibility index (Phi) is 6.29. The van der Waals surface area contributed by atoms with E-state index in [4.69, 9.17) is 9.84 Å². The number of rotatable bonds is 8. The fourth-order valence-corrected chi connectivity index (χ4v) is 2.58. The molecule has 0 unspecified atom stereocenters. The summed E-state index contributed by atoms with van der Waals surface area (Å²) in [5.41, 5.74) is 1.33. The standard InChI is InChI=1S/C17H22N6O3/c24-16(25)12-20-17-21-14(13-3-1-2-4-18-13)11-15(22-17)19-5-6-23-7-9-26-10-8-23/h1-4,11H,5-10,12H2,(H,24,25)(H2,19,20,21,22). The minimum atomic E-state index is -0.973. The van der Waals surface area contributed by atoms with Crippen LogP contribution in [0.2, 0.25) is 0 Å². The number of aromatic nitrogens is 3. The molecule has 1 fully saturated rings. The maximum atomic E-state index is 10.8. The summed E-state index contributed by atoms with van der Waals surface area (Å²) < 4.78 is 5.35. The number of carboxylic acid groups (broad SMARTS) is 1. The van der Waals surface area contributed by atoms with Crippen molar-refractivity contribution in [1.29, 1.82) is 0 Å². The van der Waals surface area contributed by atoms with E-state index in [0.29, 0.717) is 17.2 Å². The Morgan fingerprint density at radius 1 is 1.19 bits per heavy atom. The number of aliphatic carboxylic acids is 1. The minimum absolute atomic E-state index is 0.251. The van der Waals surface area contributed by atoms with Gasteiger partial charge in [-0.05, 0) is 12.1 Å². The summed E-state index contributed by atoms with van der Waals surface area (Å²) in [6.45, 7) is 4.73. The lowest BCUT2D eigenvalue weighted by molar-refractivity contribution is -0.134. The smallest absolute Gasteiger partial charge is 0.322 e. The Bertz CT molecular complexity index is 722. The Morgan fingerprint density at radius 2 is 2.04 bits per heavy atom. The zero-order valence-electron chi connectivity index (χ0n) is 14.4. The van der Waals surface area contributed by atoms with E-state index in [2.05, 4.69) is 30.5 Å². The summed E-state index contributed by atoms with van der Waals surface area (Å²) in [5, 5.41) is 14.9. The predicted octanol–water partition coefficient (Wildman–Crippen LogP) is 0.779. The Hall–Kier alpha value is -2.78. The lowest BCUT2D eigenvalue weighted by Crippen LogP contribution is -2.39. The van der Waals surface area contributed by atoms with E-state index in [1.165, 1.54) is 0 Å². The van der Waals surface area contributed by atoms with E-state index in [0.717, 1.165) is 39.4 Å². The molecular formula is C17H22N6O3. The zero-order chi connectivity index (χ0) is 18.2. The SMILES string of the molecule is O=C(O)CNc1nc(NCCN2CCOCC2)cc(-c2ccccn2)n1. The van der Waals surface area contributed by atoms with E-state index >= 15 is 0 Å². The van der Waals surface area contributed by atoms with E-state index < -0.39 is 5.97 Å². The highest BCUT2D eigenvalue weighted by molar-refractivity contribution is 5.72. The van der Waals surface area contributed by atoms with Crippen molar-refractivity contribution in [2.24, 2.45) is 0 Å². The van der Waals surface area contributed by atoms with Crippen LogP contribution in [-0.4, -0.2) is 76.9 Å². The summed E-state index contributed by atoms with van der Waals surface area (Å²) in [4.78, 5) is 26.1. The number of ether oxygens (including phenoxy) is 1. The molecule has 0 radical (unpaired) electrons. The van der Waals surface area contributed by atoms with Crippen molar-refractivity contribution < 1.29 is 14.6 Å². The van der Waals surface area contributed by atoms with Gasteiger partial charge >= 0.3 is 5.97 Å². The molecule has 0 spiro atoms. The second kappa shape index (κ2) is 9.07. The van der Waals surface area contributed by atoms with E-state index in [1.807, 2.05) is 24.3 Å². The van der Waals surface area contributed by atoms with E-state index in [9.17, 15) is 4.79 Å². The number of nitrogens with zero attached hydrogens (tertiary/aromatic N) is 4. The van der Waals surface area contributed by atoms with Gasteiger partial charge in [-0.25, -0.2) is 4.98 Å². The number of carbonyl (C=O) groups is 1. The molecule has 3 heterocycles. The highest BCUT2D eigenvalue weighted by Gasteiger charge is 2.11. The van der Waals surface area contributed by atoms with Gasteiger partial charge in [-0.1, -0.05) is 6.07 Å². The van der Waals surface area contributed by atoms with E-state index in [-0.39, 0.29) is 12.5 Å². The highest BCUT2D eigenvalue weighted by atomic mass is 16.5. The van der Waals surface area contributed by atoms with Crippen LogP contribution in [-0.2, 0) is 9.53 Å². The Morgan fingerprint density at radius 3 is 2.77 bits per heavy atom. The average molecular weight is 358 g/mol. The van der Waals surface area contributed by atoms with Crippen LogP contribution >= 0.6 is 0 Å². The maximum Gasteiger partial charge on any atom is 0.322 e. The first-order chi connectivity index (χ1) is 12.7. The molecule has 0 atom stereocenters. The van der Waals surface area contributed by atoms with Crippen molar-refractivity contribution in [3.63, 3.8) is 0 Å². The van der Waals surface area contributed by atoms with Crippen molar-refractivity contribution in [1.82, 2.24) is 19.9 Å². The summed E-state index contributed by atoms with van der Waals surface area (Å²) in [5.74, 6) is -0.0927. The first-order valence-electron chi connectivity index (χ1n) is 8.51. The molecule has 1 aliphatic heterocycles. The summed E-state index contributed by atoms with van der Waals surface area (Å²) in [6, 6.07) is 7.37. The molecular weight excluding hydrogens is 336 g/mol. The third-order valence-electron chi connectivity index (χ3n) is 3.89. The molecule has 26 heavy (non-hydrogen) atoms. The first-order valence-corrected chi connectivity index (χ1v) is 8.51. The maximum absolute atomic E-state index is 10.8. The van der Waals surface area contributed by atoms with Gasteiger partial charge in [0.2, 0.25) is 5.95 Å². The summed E-state index contributed by atoms with van der Waals surface area (Å²) in [7, 11) is 0. The normalized spacial score (nSPS) is 14.8. The molecule has 1 aliphatic rings. The quantitative estimate of drug-likeness (QED) is 0.630. The van der Waals surface area contributed by atoms with Crippen LogP contribution in [0, 0.1) is 0 Å². The topological polar surface area (TPSA) is 112 Å². The van der Waals surface area contributed by atoms with Gasteiger partial charge in [0.1, 0.15) is 12.4 Å². The predicted molar refractivity (Wildman–Crippen MR) is 97.1 cm³/mol. The van der Waals surface area contributed by atoms with Crippen LogP contribution in [0.25, 0.3) is 11.4 Å². The second-order valence-electron chi connectivity index (χ2n) is 5.81. The second-order valence-corrected chi connectivity index (χ2v) is 5.81. The van der Waals surface area contributed by atoms with Crippen molar-refractivity contribution in [3.8, 4) is 11.4 Å². The largest absolute Gasteiger partial charge is 0.480 e. The number of anilines is 2. The van der Waals surface area contributed by atoms with Crippen LogP contribution in [0.1, 0.15) is 0 Å². The van der Waals surface area contributed by atoms with Crippen molar-refractivity contribution in [2.45, 2.75) is 0 Å². The fraction of sp³-hybridized carbons (Fsp3) is 0.412. The molecule has 0 bridgehead atoms. The molecule has 2 aromatic rings. The van der Waals surface area contributed by atoms with Gasteiger partial charge in [0, 0.05) is 38.4 Å². The molecule has 3 rings (SSSR count). The van der Waals surface area contributed by atoms with Crippen LogP contribution in [0.5, 0.6) is 0 Å². The van der Waals surface area contributed by atoms with Gasteiger partial charge in [-0.3, -0.25) is 14.7 Å². The molecule has 2 aromatic heterocycles. The van der Waals surface area contributed by atoms with Crippen molar-refractivity contribution in [2.75, 3.05) is 56.6 Å². The lowest BCUT2D eigenvalue weighted by Gasteiger charge is -2.26. The highest BCUT2D eigenvalue weighted by Crippen LogP contribution is 2.19. The molecule has 0 saturated carbocycles. The first kappa shape index (κ1) is 18.0. The molecule has 1 saturated heterocycles. The van der Waals surface area contributed by atoms with Gasteiger partial charge in [0.25, 0.3) is 0 Å². The van der Waals surface area contributed by atoms with Gasteiger partial charge in [-0.2, -0.15) is 4.98 Å². The molecule has 9 nitrogen and oxygen atoms in total. The Balaban J connectivity index is 1.70. The minimum Gasteiger partial charge on any atom is -0.480 e. The monoisotopic (exact) mass is 358 g/mol. The van der Waals surface area contributed by atoms with Crippen LogP contribution in [0.15, 0.2) is 30.5 Å². The average Bonchev–Trinajstić information content (AvgIpc) is 2.68. The van der Waals surface area contributed by atoms with Crippen LogP contribution in [0.4, 0.5) is 11.8 Å². The van der Waals surface area contributed by atoms with Crippen LogP contribution in [0.3, 0.4) is 0 Å².